The van der Waals surface area contributed by atoms with Gasteiger partial charge in [0.05, 0.1) is 12.6 Å². The number of carboxylic acid groups (broad SMARTS) is 1. The highest BCUT2D eigenvalue weighted by atomic mass is 16.5. The Balaban J connectivity index is 1.65. The molecule has 1 heterocycles. The second-order valence-electron chi connectivity index (χ2n) is 4.91. The van der Waals surface area contributed by atoms with Crippen molar-refractivity contribution >= 4 is 5.97 Å². The Morgan fingerprint density at radius 3 is 2.47 bits per heavy atom. The summed E-state index contributed by atoms with van der Waals surface area (Å²) in [5, 5.41) is 8.72. The topological polar surface area (TPSA) is 53.0 Å². The van der Waals surface area contributed by atoms with Crippen LogP contribution in [0.15, 0.2) is 0 Å². The molecule has 0 unspecified atom stereocenters. The predicted octanol–water partition coefficient (Wildman–Crippen LogP) is 0.256. The van der Waals surface area contributed by atoms with E-state index in [2.05, 4.69) is 4.90 Å². The minimum atomic E-state index is -0.724. The number of piperazine rings is 1. The van der Waals surface area contributed by atoms with Crippen LogP contribution in [0.1, 0.15) is 19.8 Å². The first-order valence-electron chi connectivity index (χ1n) is 6.49. The van der Waals surface area contributed by atoms with Crippen LogP contribution in [0.5, 0.6) is 0 Å². The first-order valence-corrected chi connectivity index (χ1v) is 6.49. The zero-order valence-electron chi connectivity index (χ0n) is 10.5. The van der Waals surface area contributed by atoms with Crippen LogP contribution in [0.4, 0.5) is 0 Å². The lowest BCUT2D eigenvalue weighted by Crippen LogP contribution is -2.56. The maximum Gasteiger partial charge on any atom is 0.317 e. The van der Waals surface area contributed by atoms with E-state index in [4.69, 9.17) is 9.84 Å². The molecule has 0 spiro atoms. The molecule has 2 aliphatic rings. The number of hydrogen-bond acceptors (Lipinski definition) is 4. The lowest BCUT2D eigenvalue weighted by atomic mass is 9.87. The minimum Gasteiger partial charge on any atom is -0.480 e. The Morgan fingerprint density at radius 2 is 1.94 bits per heavy atom. The first kappa shape index (κ1) is 12.8. The summed E-state index contributed by atoms with van der Waals surface area (Å²) in [6.07, 6.45) is 2.75. The molecule has 1 saturated heterocycles. The molecule has 98 valence electrons. The molecule has 2 rings (SSSR count). The number of aliphatic carboxylic acids is 1. The van der Waals surface area contributed by atoms with E-state index in [-0.39, 0.29) is 6.54 Å². The Hall–Kier alpha value is -0.650. The average Bonchev–Trinajstić information content (AvgIpc) is 2.24. The van der Waals surface area contributed by atoms with Crippen LogP contribution >= 0.6 is 0 Å². The molecule has 2 fully saturated rings. The summed E-state index contributed by atoms with van der Waals surface area (Å²) in [6, 6.07) is 0.665. The number of ether oxygens (including phenoxy) is 1. The summed E-state index contributed by atoms with van der Waals surface area (Å²) in [6.45, 7) is 6.78. The van der Waals surface area contributed by atoms with Crippen molar-refractivity contribution in [3.8, 4) is 0 Å². The van der Waals surface area contributed by atoms with E-state index in [0.29, 0.717) is 12.1 Å². The molecule has 5 nitrogen and oxygen atoms in total. The van der Waals surface area contributed by atoms with Crippen molar-refractivity contribution in [3.63, 3.8) is 0 Å². The maximum atomic E-state index is 10.6. The number of carboxylic acids is 1. The van der Waals surface area contributed by atoms with Crippen molar-refractivity contribution in [2.75, 3.05) is 39.3 Å². The smallest absolute Gasteiger partial charge is 0.317 e. The van der Waals surface area contributed by atoms with E-state index in [1.54, 1.807) is 0 Å². The quantitative estimate of drug-likeness (QED) is 0.749. The standard InChI is InChI=1S/C12H22N2O3/c1-2-17-11-7-10(8-11)14-5-3-13(4-6-14)9-12(15)16/h10-11H,2-9H2,1H3,(H,15,16). The summed E-state index contributed by atoms with van der Waals surface area (Å²) in [5.74, 6) is -0.724. The van der Waals surface area contributed by atoms with Crippen LogP contribution < -0.4 is 0 Å². The SMILES string of the molecule is CCOC1CC(N2CCN(CC(=O)O)CC2)C1. The average molecular weight is 242 g/mol. The summed E-state index contributed by atoms with van der Waals surface area (Å²) in [5.41, 5.74) is 0. The highest BCUT2D eigenvalue weighted by Crippen LogP contribution is 2.28. The van der Waals surface area contributed by atoms with E-state index in [1.165, 1.54) is 0 Å². The Kier molecular flexibility index (Phi) is 4.36. The molecule has 0 radical (unpaired) electrons. The van der Waals surface area contributed by atoms with Gasteiger partial charge in [0, 0.05) is 38.8 Å². The molecular weight excluding hydrogens is 220 g/mol. The molecule has 0 amide bonds. The number of nitrogens with zero attached hydrogens (tertiary/aromatic N) is 2. The molecule has 0 aromatic carbocycles. The number of rotatable bonds is 5. The van der Waals surface area contributed by atoms with Gasteiger partial charge in [-0.15, -0.1) is 0 Å². The minimum absolute atomic E-state index is 0.181. The van der Waals surface area contributed by atoms with Crippen molar-refractivity contribution < 1.29 is 14.6 Å². The van der Waals surface area contributed by atoms with Gasteiger partial charge in [0.25, 0.3) is 0 Å². The lowest BCUT2D eigenvalue weighted by molar-refractivity contribution is -0.139. The van der Waals surface area contributed by atoms with Gasteiger partial charge in [0.15, 0.2) is 0 Å². The molecule has 0 aromatic heterocycles. The van der Waals surface area contributed by atoms with Crippen molar-refractivity contribution in [2.45, 2.75) is 31.9 Å². The molecule has 1 aliphatic carbocycles. The van der Waals surface area contributed by atoms with E-state index in [0.717, 1.165) is 45.6 Å². The maximum absolute atomic E-state index is 10.6. The third-order valence-corrected chi connectivity index (χ3v) is 3.75. The predicted molar refractivity (Wildman–Crippen MR) is 64.1 cm³/mol. The Morgan fingerprint density at radius 1 is 1.29 bits per heavy atom. The monoisotopic (exact) mass is 242 g/mol. The first-order chi connectivity index (χ1) is 8.19. The summed E-state index contributed by atoms with van der Waals surface area (Å²) >= 11 is 0. The second kappa shape index (κ2) is 5.80. The molecule has 1 saturated carbocycles. The van der Waals surface area contributed by atoms with Gasteiger partial charge >= 0.3 is 5.97 Å². The summed E-state index contributed by atoms with van der Waals surface area (Å²) < 4.78 is 5.56. The zero-order chi connectivity index (χ0) is 12.3. The fourth-order valence-electron chi connectivity index (χ4n) is 2.69. The van der Waals surface area contributed by atoms with Crippen LogP contribution in [0.2, 0.25) is 0 Å². The van der Waals surface area contributed by atoms with Crippen LogP contribution in [0, 0.1) is 0 Å². The summed E-state index contributed by atoms with van der Waals surface area (Å²) in [7, 11) is 0. The largest absolute Gasteiger partial charge is 0.480 e. The van der Waals surface area contributed by atoms with Crippen molar-refractivity contribution in [1.82, 2.24) is 9.80 Å². The van der Waals surface area contributed by atoms with Gasteiger partial charge in [-0.2, -0.15) is 0 Å². The molecule has 17 heavy (non-hydrogen) atoms. The third-order valence-electron chi connectivity index (χ3n) is 3.75. The Bertz CT molecular complexity index is 258. The second-order valence-corrected chi connectivity index (χ2v) is 4.91. The van der Waals surface area contributed by atoms with Gasteiger partial charge in [-0.25, -0.2) is 0 Å². The highest BCUT2D eigenvalue weighted by molar-refractivity contribution is 5.69. The van der Waals surface area contributed by atoms with Gasteiger partial charge in [0.2, 0.25) is 0 Å². The van der Waals surface area contributed by atoms with E-state index in [1.807, 2.05) is 11.8 Å². The molecule has 0 atom stereocenters. The van der Waals surface area contributed by atoms with Crippen molar-refractivity contribution in [3.05, 3.63) is 0 Å². The van der Waals surface area contributed by atoms with Crippen molar-refractivity contribution in [1.29, 1.82) is 0 Å². The molecule has 5 heteroatoms. The van der Waals surface area contributed by atoms with Crippen LogP contribution in [0.25, 0.3) is 0 Å². The highest BCUT2D eigenvalue weighted by Gasteiger charge is 2.35. The molecule has 0 aromatic rings. The molecular formula is C12H22N2O3. The summed E-state index contributed by atoms with van der Waals surface area (Å²) in [4.78, 5) is 15.1. The van der Waals surface area contributed by atoms with Crippen LogP contribution in [-0.2, 0) is 9.53 Å². The lowest BCUT2D eigenvalue weighted by Gasteiger charge is -2.45. The van der Waals surface area contributed by atoms with Gasteiger partial charge < -0.3 is 9.84 Å². The fourth-order valence-corrected chi connectivity index (χ4v) is 2.69. The van der Waals surface area contributed by atoms with E-state index in [9.17, 15) is 4.79 Å². The van der Waals surface area contributed by atoms with Gasteiger partial charge in [-0.1, -0.05) is 0 Å². The van der Waals surface area contributed by atoms with E-state index < -0.39 is 5.97 Å². The Labute approximate surface area is 102 Å². The van der Waals surface area contributed by atoms with Gasteiger partial charge in [-0.3, -0.25) is 14.6 Å². The fraction of sp³-hybridized carbons (Fsp3) is 0.917. The van der Waals surface area contributed by atoms with E-state index >= 15 is 0 Å². The normalized spacial score (nSPS) is 31.1. The van der Waals surface area contributed by atoms with Gasteiger partial charge in [-0.05, 0) is 19.8 Å². The number of hydrogen-bond donors (Lipinski definition) is 1. The molecule has 1 aliphatic heterocycles. The number of carbonyl (C=O) groups is 1. The third kappa shape index (κ3) is 3.40. The van der Waals surface area contributed by atoms with Crippen molar-refractivity contribution in [2.24, 2.45) is 0 Å². The zero-order valence-corrected chi connectivity index (χ0v) is 10.5. The van der Waals surface area contributed by atoms with Crippen LogP contribution in [-0.4, -0.2) is 72.4 Å². The van der Waals surface area contributed by atoms with Crippen LogP contribution in [0.3, 0.4) is 0 Å². The molecule has 0 bridgehead atoms. The van der Waals surface area contributed by atoms with Gasteiger partial charge in [0.1, 0.15) is 0 Å². The molecule has 1 N–H and O–H groups in total.